The minimum absolute atomic E-state index is 0.308. The van der Waals surface area contributed by atoms with E-state index in [2.05, 4.69) is 0 Å². The zero-order valence-corrected chi connectivity index (χ0v) is 5.48. The smallest absolute Gasteiger partial charge is 0.136 e. The van der Waals surface area contributed by atoms with E-state index >= 15 is 0 Å². The highest BCUT2D eigenvalue weighted by Crippen LogP contribution is 1.88. The molecule has 0 aliphatic heterocycles. The Morgan fingerprint density at radius 2 is 2.25 bits per heavy atom. The Morgan fingerprint density at radius 1 is 1.62 bits per heavy atom. The highest BCUT2D eigenvalue weighted by Gasteiger charge is 1.89. The quantitative estimate of drug-likeness (QED) is 0.510. The third-order valence-electron chi connectivity index (χ3n) is 0.976. The fourth-order valence-electron chi connectivity index (χ4n) is 0.394. The first-order valence-corrected chi connectivity index (χ1v) is 2.94. The summed E-state index contributed by atoms with van der Waals surface area (Å²) in [4.78, 5) is 10.5. The van der Waals surface area contributed by atoms with E-state index < -0.39 is 0 Å². The van der Waals surface area contributed by atoms with Gasteiger partial charge in [-0.2, -0.15) is 0 Å². The van der Waals surface area contributed by atoms with Crippen LogP contribution in [-0.2, 0) is 4.79 Å². The third kappa shape index (κ3) is 3.59. The number of carbonyl (C=O) groups excluding carboxylic acids is 1. The molecule has 0 fully saturated rings. The van der Waals surface area contributed by atoms with E-state index in [4.69, 9.17) is 0 Å². The molecule has 46 valence electrons. The van der Waals surface area contributed by atoms with Crippen LogP contribution in [0.2, 0.25) is 0 Å². The van der Waals surface area contributed by atoms with E-state index in [0.717, 1.165) is 0 Å². The average Bonchev–Trinajstić information content (AvgIpc) is 1.83. The van der Waals surface area contributed by atoms with Crippen molar-refractivity contribution < 1.29 is 4.79 Å². The number of rotatable bonds is 3. The fraction of sp³-hybridized carbons (Fsp3) is 0.571. The van der Waals surface area contributed by atoms with Gasteiger partial charge in [0.15, 0.2) is 0 Å². The van der Waals surface area contributed by atoms with Gasteiger partial charge in [0.2, 0.25) is 0 Å². The van der Waals surface area contributed by atoms with E-state index in [1.165, 1.54) is 0 Å². The van der Waals surface area contributed by atoms with Crippen molar-refractivity contribution in [2.24, 2.45) is 0 Å². The van der Waals surface area contributed by atoms with Crippen LogP contribution >= 0.6 is 0 Å². The van der Waals surface area contributed by atoms with Crippen LogP contribution < -0.4 is 0 Å². The predicted octanol–water partition coefficient (Wildman–Crippen LogP) is 1.93. The summed E-state index contributed by atoms with van der Waals surface area (Å²) in [6, 6.07) is 0. The van der Waals surface area contributed by atoms with Crippen LogP contribution in [0.3, 0.4) is 0 Å². The van der Waals surface area contributed by atoms with E-state index in [0.29, 0.717) is 18.6 Å². The van der Waals surface area contributed by atoms with Crippen molar-refractivity contribution in [3.63, 3.8) is 0 Å². The van der Waals surface area contributed by atoms with Gasteiger partial charge in [0.1, 0.15) is 5.78 Å². The van der Waals surface area contributed by atoms with Gasteiger partial charge in [-0.05, 0) is 6.92 Å². The van der Waals surface area contributed by atoms with Crippen molar-refractivity contribution in [1.29, 1.82) is 0 Å². The first-order valence-electron chi connectivity index (χ1n) is 2.94. The summed E-state index contributed by atoms with van der Waals surface area (Å²) >= 11 is 0. The number of ketones is 1. The van der Waals surface area contributed by atoms with Crippen molar-refractivity contribution in [1.82, 2.24) is 0 Å². The van der Waals surface area contributed by atoms with Crippen LogP contribution in [0.25, 0.3) is 0 Å². The molecule has 0 heterocycles. The van der Waals surface area contributed by atoms with Crippen LogP contribution in [0.15, 0.2) is 12.2 Å². The number of carbonyl (C=O) groups is 1. The molecule has 0 aromatic rings. The normalized spacial score (nSPS) is 10.2. The molecule has 8 heavy (non-hydrogen) atoms. The molecule has 0 amide bonds. The molecule has 0 rings (SSSR count). The summed E-state index contributed by atoms with van der Waals surface area (Å²) in [6.45, 7) is 3.80. The largest absolute Gasteiger partial charge is 0.299 e. The van der Waals surface area contributed by atoms with E-state index in [9.17, 15) is 4.79 Å². The maximum atomic E-state index is 10.5. The zero-order chi connectivity index (χ0) is 6.41. The molecule has 0 unspecified atom stereocenters. The lowest BCUT2D eigenvalue weighted by molar-refractivity contribution is -0.117. The molecule has 0 saturated heterocycles. The molecule has 0 aliphatic rings. The van der Waals surface area contributed by atoms with Crippen LogP contribution in [0.5, 0.6) is 0 Å². The van der Waals surface area contributed by atoms with Crippen molar-refractivity contribution in [2.75, 3.05) is 0 Å². The van der Waals surface area contributed by atoms with Crippen molar-refractivity contribution >= 4 is 5.78 Å². The Labute approximate surface area is 50.4 Å². The SMILES string of the molecule is C/C=C\CC(=O)CC. The Kier molecular flexibility index (Phi) is 4.23. The van der Waals surface area contributed by atoms with Gasteiger partial charge in [-0.3, -0.25) is 4.79 Å². The van der Waals surface area contributed by atoms with Gasteiger partial charge in [0.25, 0.3) is 0 Å². The van der Waals surface area contributed by atoms with Crippen molar-refractivity contribution in [2.45, 2.75) is 26.7 Å². The Balaban J connectivity index is 3.25. The van der Waals surface area contributed by atoms with Gasteiger partial charge in [-0.1, -0.05) is 19.1 Å². The van der Waals surface area contributed by atoms with Crippen LogP contribution in [0.1, 0.15) is 26.7 Å². The van der Waals surface area contributed by atoms with Gasteiger partial charge >= 0.3 is 0 Å². The lowest BCUT2D eigenvalue weighted by Gasteiger charge is -1.85. The molecular weight excluding hydrogens is 100 g/mol. The fourth-order valence-corrected chi connectivity index (χ4v) is 0.394. The Morgan fingerprint density at radius 3 is 2.62 bits per heavy atom. The summed E-state index contributed by atoms with van der Waals surface area (Å²) < 4.78 is 0. The molecule has 1 heteroatoms. The van der Waals surface area contributed by atoms with Crippen LogP contribution in [-0.4, -0.2) is 5.78 Å². The minimum Gasteiger partial charge on any atom is -0.299 e. The molecule has 0 aromatic heterocycles. The summed E-state index contributed by atoms with van der Waals surface area (Å²) in [6.07, 6.45) is 5.04. The van der Waals surface area contributed by atoms with E-state index in [-0.39, 0.29) is 0 Å². The molecular formula is C7H12O. The topological polar surface area (TPSA) is 17.1 Å². The first-order chi connectivity index (χ1) is 3.81. The second kappa shape index (κ2) is 4.57. The Bertz CT molecular complexity index is 92.6. The average molecular weight is 112 g/mol. The molecule has 0 N–H and O–H groups in total. The second-order valence-electron chi connectivity index (χ2n) is 1.67. The molecule has 0 aromatic carbocycles. The van der Waals surface area contributed by atoms with Crippen LogP contribution in [0.4, 0.5) is 0 Å². The lowest BCUT2D eigenvalue weighted by atomic mass is 10.2. The summed E-state index contributed by atoms with van der Waals surface area (Å²) in [5.74, 6) is 0.308. The predicted molar refractivity (Wildman–Crippen MR) is 34.7 cm³/mol. The number of hydrogen-bond acceptors (Lipinski definition) is 1. The van der Waals surface area contributed by atoms with E-state index in [1.54, 1.807) is 0 Å². The molecule has 0 saturated carbocycles. The molecule has 1 nitrogen and oxygen atoms in total. The number of Topliss-reactive ketones (excluding diaryl/α,β-unsaturated/α-hetero) is 1. The zero-order valence-electron chi connectivity index (χ0n) is 5.48. The standard InChI is InChI=1S/C7H12O/c1-3-5-6-7(8)4-2/h3,5H,4,6H2,1-2H3/b5-3-. The molecule has 0 bridgehead atoms. The highest BCUT2D eigenvalue weighted by atomic mass is 16.1. The van der Waals surface area contributed by atoms with Crippen LogP contribution in [0, 0.1) is 0 Å². The number of allylic oxidation sites excluding steroid dienone is 2. The Hall–Kier alpha value is -0.590. The highest BCUT2D eigenvalue weighted by molar-refractivity contribution is 5.79. The second-order valence-corrected chi connectivity index (χ2v) is 1.67. The van der Waals surface area contributed by atoms with Gasteiger partial charge < -0.3 is 0 Å². The van der Waals surface area contributed by atoms with Gasteiger partial charge in [-0.15, -0.1) is 0 Å². The van der Waals surface area contributed by atoms with Gasteiger partial charge in [0.05, 0.1) is 0 Å². The minimum atomic E-state index is 0.308. The lowest BCUT2D eigenvalue weighted by Crippen LogP contribution is -1.89. The molecule has 0 aliphatic carbocycles. The number of hydrogen-bond donors (Lipinski definition) is 0. The maximum absolute atomic E-state index is 10.5. The third-order valence-corrected chi connectivity index (χ3v) is 0.976. The van der Waals surface area contributed by atoms with E-state index in [1.807, 2.05) is 26.0 Å². The summed E-state index contributed by atoms with van der Waals surface area (Å²) in [7, 11) is 0. The summed E-state index contributed by atoms with van der Waals surface area (Å²) in [5.41, 5.74) is 0. The van der Waals surface area contributed by atoms with Crippen molar-refractivity contribution in [3.8, 4) is 0 Å². The molecule has 0 radical (unpaired) electrons. The summed E-state index contributed by atoms with van der Waals surface area (Å²) in [5, 5.41) is 0. The maximum Gasteiger partial charge on any atom is 0.136 e. The first kappa shape index (κ1) is 7.41. The van der Waals surface area contributed by atoms with Crippen molar-refractivity contribution in [3.05, 3.63) is 12.2 Å². The molecule has 0 atom stereocenters. The monoisotopic (exact) mass is 112 g/mol. The molecule has 0 spiro atoms. The van der Waals surface area contributed by atoms with Gasteiger partial charge in [0, 0.05) is 12.8 Å². The van der Waals surface area contributed by atoms with Gasteiger partial charge in [-0.25, -0.2) is 0 Å².